The number of nitrogens with one attached hydrogen (secondary N) is 3. The van der Waals surface area contributed by atoms with Crippen molar-refractivity contribution in [2.75, 3.05) is 24.4 Å². The van der Waals surface area contributed by atoms with Crippen molar-refractivity contribution >= 4 is 29.0 Å². The Labute approximate surface area is 195 Å². The molecule has 0 fully saturated rings. The number of hydrogen-bond donors (Lipinski definition) is 3. The number of rotatable bonds is 10. The summed E-state index contributed by atoms with van der Waals surface area (Å²) in [6.45, 7) is 2.19. The number of methoxy groups -OCH3 is 1. The van der Waals surface area contributed by atoms with Crippen molar-refractivity contribution in [3.63, 3.8) is 0 Å². The molecule has 1 atom stereocenters. The Bertz CT molecular complexity index is 1190. The van der Waals surface area contributed by atoms with E-state index in [1.54, 1.807) is 31.2 Å². The lowest BCUT2D eigenvalue weighted by Gasteiger charge is -2.20. The molecule has 0 aliphatic rings. The van der Waals surface area contributed by atoms with Crippen molar-refractivity contribution < 1.29 is 14.3 Å². The number of carbonyl (C=O) groups is 1. The monoisotopic (exact) mass is 472 g/mol. The molecule has 33 heavy (non-hydrogen) atoms. The van der Waals surface area contributed by atoms with Crippen LogP contribution in [0.2, 0.25) is 5.02 Å². The highest BCUT2D eigenvalue weighted by Gasteiger charge is 2.21. The van der Waals surface area contributed by atoms with Crippen LogP contribution in [0.4, 0.5) is 11.5 Å². The minimum Gasteiger partial charge on any atom is -0.481 e. The zero-order valence-electron chi connectivity index (χ0n) is 18.3. The molecule has 3 N–H and O–H groups in total. The molecule has 0 saturated heterocycles. The van der Waals surface area contributed by atoms with E-state index in [1.165, 1.54) is 11.7 Å². The predicted molar refractivity (Wildman–Crippen MR) is 127 cm³/mol. The van der Waals surface area contributed by atoms with Gasteiger partial charge in [0.25, 0.3) is 11.5 Å². The van der Waals surface area contributed by atoms with Crippen molar-refractivity contribution in [3.05, 3.63) is 86.0 Å². The van der Waals surface area contributed by atoms with E-state index < -0.39 is 23.3 Å². The fourth-order valence-electron chi connectivity index (χ4n) is 3.04. The molecular formula is C23H25ClN4O5. The van der Waals surface area contributed by atoms with Gasteiger partial charge >= 0.3 is 5.69 Å². The number of anilines is 2. The van der Waals surface area contributed by atoms with Crippen LogP contribution in [0.3, 0.4) is 0 Å². The minimum atomic E-state index is -0.918. The first-order valence-corrected chi connectivity index (χ1v) is 10.6. The summed E-state index contributed by atoms with van der Waals surface area (Å²) in [6, 6.07) is 16.0. The maximum atomic E-state index is 12.9. The second-order valence-electron chi connectivity index (χ2n) is 7.17. The number of ether oxygens (including phenoxy) is 2. The summed E-state index contributed by atoms with van der Waals surface area (Å²) in [5.41, 5.74) is -0.333. The van der Waals surface area contributed by atoms with Crippen LogP contribution in [-0.4, -0.2) is 35.3 Å². The standard InChI is InChI=1S/C23H25ClN4O5/c1-15(33-18-10-8-17(24)9-11-18)21(29)26-20-19(25-14-16-6-4-3-5-7-16)22(30)27-23(31)28(20)12-13-32-2/h3-11,15,25H,12-14H2,1-2H3,(H,26,29)(H,27,30,31). The molecular weight excluding hydrogens is 448 g/mol. The summed E-state index contributed by atoms with van der Waals surface area (Å²) >= 11 is 5.88. The van der Waals surface area contributed by atoms with Crippen molar-refractivity contribution in [1.82, 2.24) is 9.55 Å². The molecule has 1 heterocycles. The summed E-state index contributed by atoms with van der Waals surface area (Å²) in [4.78, 5) is 40.3. The number of halogens is 1. The molecule has 3 aromatic rings. The van der Waals surface area contributed by atoms with Gasteiger partial charge in [-0.2, -0.15) is 0 Å². The zero-order chi connectivity index (χ0) is 23.8. The minimum absolute atomic E-state index is 0.0355. The van der Waals surface area contributed by atoms with E-state index in [-0.39, 0.29) is 24.7 Å². The molecule has 2 aromatic carbocycles. The van der Waals surface area contributed by atoms with Crippen LogP contribution < -0.4 is 26.6 Å². The Morgan fingerprint density at radius 2 is 1.82 bits per heavy atom. The highest BCUT2D eigenvalue weighted by Crippen LogP contribution is 2.19. The Hall–Kier alpha value is -3.56. The molecule has 0 spiro atoms. The summed E-state index contributed by atoms with van der Waals surface area (Å²) in [6.07, 6.45) is -0.918. The van der Waals surface area contributed by atoms with Crippen LogP contribution in [0.15, 0.2) is 64.2 Å². The maximum absolute atomic E-state index is 12.9. The van der Waals surface area contributed by atoms with E-state index in [4.69, 9.17) is 21.1 Å². The Balaban J connectivity index is 1.89. The summed E-state index contributed by atoms with van der Waals surface area (Å²) in [5, 5.41) is 6.24. The Morgan fingerprint density at radius 3 is 2.48 bits per heavy atom. The van der Waals surface area contributed by atoms with Gasteiger partial charge in [-0.3, -0.25) is 19.1 Å². The third kappa shape index (κ3) is 6.47. The molecule has 1 aromatic heterocycles. The largest absolute Gasteiger partial charge is 0.481 e. The SMILES string of the molecule is COCCn1c(NC(=O)C(C)Oc2ccc(Cl)cc2)c(NCc2ccccc2)c(=O)[nH]c1=O. The van der Waals surface area contributed by atoms with Crippen LogP contribution in [0.5, 0.6) is 5.75 Å². The van der Waals surface area contributed by atoms with Gasteiger partial charge in [-0.25, -0.2) is 4.79 Å². The van der Waals surface area contributed by atoms with Gasteiger partial charge in [-0.1, -0.05) is 41.9 Å². The van der Waals surface area contributed by atoms with E-state index in [2.05, 4.69) is 15.6 Å². The molecule has 0 radical (unpaired) electrons. The van der Waals surface area contributed by atoms with Crippen LogP contribution in [0.1, 0.15) is 12.5 Å². The number of H-pyrrole nitrogens is 1. The number of benzene rings is 2. The second-order valence-corrected chi connectivity index (χ2v) is 7.61. The molecule has 1 unspecified atom stereocenters. The molecule has 174 valence electrons. The quantitative estimate of drug-likeness (QED) is 0.418. The Kier molecular flexibility index (Phi) is 8.28. The van der Waals surface area contributed by atoms with Crippen molar-refractivity contribution in [2.24, 2.45) is 0 Å². The van der Waals surface area contributed by atoms with Crippen molar-refractivity contribution in [3.8, 4) is 5.75 Å². The Morgan fingerprint density at radius 1 is 1.12 bits per heavy atom. The molecule has 0 saturated carbocycles. The number of aromatic nitrogens is 2. The molecule has 1 amide bonds. The summed E-state index contributed by atoms with van der Waals surface area (Å²) in [7, 11) is 1.49. The van der Waals surface area contributed by atoms with E-state index in [1.807, 2.05) is 30.3 Å². The van der Waals surface area contributed by atoms with E-state index in [0.29, 0.717) is 17.3 Å². The van der Waals surface area contributed by atoms with Gasteiger partial charge in [0, 0.05) is 18.7 Å². The first-order chi connectivity index (χ1) is 15.9. The third-order valence-electron chi connectivity index (χ3n) is 4.77. The normalized spacial score (nSPS) is 11.6. The predicted octanol–water partition coefficient (Wildman–Crippen LogP) is 2.85. The highest BCUT2D eigenvalue weighted by atomic mass is 35.5. The van der Waals surface area contributed by atoms with E-state index >= 15 is 0 Å². The zero-order valence-corrected chi connectivity index (χ0v) is 19.0. The molecule has 0 aliphatic carbocycles. The molecule has 0 bridgehead atoms. The van der Waals surface area contributed by atoms with Crippen LogP contribution >= 0.6 is 11.6 Å². The van der Waals surface area contributed by atoms with Crippen LogP contribution in [0, 0.1) is 0 Å². The van der Waals surface area contributed by atoms with Crippen LogP contribution in [-0.2, 0) is 22.6 Å². The smallest absolute Gasteiger partial charge is 0.330 e. The third-order valence-corrected chi connectivity index (χ3v) is 5.02. The number of aromatic amines is 1. The highest BCUT2D eigenvalue weighted by molar-refractivity contribution is 6.30. The first kappa shape index (κ1) is 24.1. The fraction of sp³-hybridized carbons (Fsp3) is 0.261. The number of amides is 1. The number of hydrogen-bond acceptors (Lipinski definition) is 6. The van der Waals surface area contributed by atoms with Gasteiger partial charge in [0.05, 0.1) is 13.2 Å². The first-order valence-electron chi connectivity index (χ1n) is 10.3. The summed E-state index contributed by atoms with van der Waals surface area (Å²) in [5.74, 6) is -0.0516. The van der Waals surface area contributed by atoms with Gasteiger partial charge in [0.15, 0.2) is 6.10 Å². The molecule has 0 aliphatic heterocycles. The van der Waals surface area contributed by atoms with Gasteiger partial charge in [-0.05, 0) is 36.8 Å². The number of nitrogens with zero attached hydrogens (tertiary/aromatic N) is 1. The molecule has 9 nitrogen and oxygen atoms in total. The van der Waals surface area contributed by atoms with E-state index in [9.17, 15) is 14.4 Å². The average Bonchev–Trinajstić information content (AvgIpc) is 2.80. The van der Waals surface area contributed by atoms with Gasteiger partial charge < -0.3 is 20.1 Å². The van der Waals surface area contributed by atoms with Crippen molar-refractivity contribution in [2.45, 2.75) is 26.1 Å². The van der Waals surface area contributed by atoms with Crippen molar-refractivity contribution in [1.29, 1.82) is 0 Å². The lowest BCUT2D eigenvalue weighted by molar-refractivity contribution is -0.122. The van der Waals surface area contributed by atoms with E-state index in [0.717, 1.165) is 5.56 Å². The fourth-order valence-corrected chi connectivity index (χ4v) is 3.16. The second kappa shape index (κ2) is 11.3. The van der Waals surface area contributed by atoms with Gasteiger partial charge in [0.1, 0.15) is 17.3 Å². The topological polar surface area (TPSA) is 114 Å². The lowest BCUT2D eigenvalue weighted by atomic mass is 10.2. The average molecular weight is 473 g/mol. The molecule has 3 rings (SSSR count). The molecule has 10 heteroatoms. The van der Waals surface area contributed by atoms with Crippen LogP contribution in [0.25, 0.3) is 0 Å². The van der Waals surface area contributed by atoms with Gasteiger partial charge in [-0.15, -0.1) is 0 Å². The lowest BCUT2D eigenvalue weighted by Crippen LogP contribution is -2.38. The number of carbonyl (C=O) groups excluding carboxylic acids is 1. The maximum Gasteiger partial charge on any atom is 0.330 e. The van der Waals surface area contributed by atoms with Gasteiger partial charge in [0.2, 0.25) is 0 Å². The summed E-state index contributed by atoms with van der Waals surface area (Å²) < 4.78 is 12.0.